The van der Waals surface area contributed by atoms with E-state index >= 15 is 0 Å². The van der Waals surface area contributed by atoms with Gasteiger partial charge in [0.25, 0.3) is 0 Å². The van der Waals surface area contributed by atoms with Crippen LogP contribution in [0.15, 0.2) is 36.4 Å². The number of phenolic OH excluding ortho intramolecular Hbond substituents is 2. The quantitative estimate of drug-likeness (QED) is 0.0765. The number of rotatable bonds is 15. The molecule has 0 bridgehead atoms. The Morgan fingerprint density at radius 2 is 1.17 bits per heavy atom. The number of carbonyl (C=O) groups excluding carboxylic acids is 2. The molecular formula is C34H42O19. The Hall–Kier alpha value is -4.70. The number of carbonyl (C=O) groups is 2. The SMILES string of the molecule is COc1cc(C=CC(=O)OC[C@@]2(O[C@H]3O[C@H](CO)[C@@H](O)[C@H](O)[C@H]3O)O[C@H](CO)[C@@H](O)[C@@H]2OC(=O)C=Cc2cc(OC)c(O)c(OC)c2)cc(OC)c1O. The molecule has 2 aromatic rings. The predicted molar refractivity (Wildman–Crippen MR) is 177 cm³/mol. The number of esters is 2. The molecule has 19 heteroatoms. The summed E-state index contributed by atoms with van der Waals surface area (Å²) in [5, 5.41) is 82.6. The zero-order chi connectivity index (χ0) is 39.0. The highest BCUT2D eigenvalue weighted by Gasteiger charge is 2.61. The Kier molecular flexibility index (Phi) is 13.9. The molecule has 0 amide bonds. The smallest absolute Gasteiger partial charge is 0.331 e. The lowest BCUT2D eigenvalue weighted by atomic mass is 9.99. The molecule has 0 radical (unpaired) electrons. The van der Waals surface area contributed by atoms with Crippen LogP contribution >= 0.6 is 0 Å². The summed E-state index contributed by atoms with van der Waals surface area (Å²) in [5.41, 5.74) is 0.634. The molecule has 53 heavy (non-hydrogen) atoms. The van der Waals surface area contributed by atoms with Crippen molar-refractivity contribution in [3.63, 3.8) is 0 Å². The number of aliphatic hydroxyl groups is 6. The first-order valence-electron chi connectivity index (χ1n) is 15.8. The van der Waals surface area contributed by atoms with E-state index in [1.54, 1.807) is 0 Å². The Morgan fingerprint density at radius 1 is 0.698 bits per heavy atom. The summed E-state index contributed by atoms with van der Waals surface area (Å²) < 4.78 is 48.4. The van der Waals surface area contributed by atoms with Crippen molar-refractivity contribution >= 4 is 24.1 Å². The Balaban J connectivity index is 1.66. The van der Waals surface area contributed by atoms with Crippen LogP contribution in [0.4, 0.5) is 0 Å². The number of methoxy groups -OCH3 is 4. The maximum Gasteiger partial charge on any atom is 0.331 e. The predicted octanol–water partition coefficient (Wildman–Crippen LogP) is -1.42. The highest BCUT2D eigenvalue weighted by molar-refractivity contribution is 5.88. The fraction of sp³-hybridized carbons (Fsp3) is 0.471. The van der Waals surface area contributed by atoms with Gasteiger partial charge in [0.05, 0.1) is 41.7 Å². The van der Waals surface area contributed by atoms with E-state index < -0.39 is 86.6 Å². The van der Waals surface area contributed by atoms with E-state index in [9.17, 15) is 50.4 Å². The molecule has 4 rings (SSSR count). The van der Waals surface area contributed by atoms with Gasteiger partial charge in [0.2, 0.25) is 17.3 Å². The number of aliphatic hydroxyl groups excluding tert-OH is 6. The maximum absolute atomic E-state index is 13.2. The summed E-state index contributed by atoms with van der Waals surface area (Å²) in [6, 6.07) is 5.53. The molecule has 0 aromatic heterocycles. The molecule has 9 atom stereocenters. The van der Waals surface area contributed by atoms with E-state index in [1.807, 2.05) is 0 Å². The Morgan fingerprint density at radius 3 is 1.62 bits per heavy atom. The normalized spacial score (nSPS) is 28.6. The molecule has 8 N–H and O–H groups in total. The lowest BCUT2D eigenvalue weighted by Gasteiger charge is -2.43. The molecule has 292 valence electrons. The van der Waals surface area contributed by atoms with Crippen LogP contribution < -0.4 is 18.9 Å². The summed E-state index contributed by atoms with van der Waals surface area (Å²) >= 11 is 0. The first-order chi connectivity index (χ1) is 25.3. The second-order valence-corrected chi connectivity index (χ2v) is 11.6. The fourth-order valence-electron chi connectivity index (χ4n) is 5.49. The van der Waals surface area contributed by atoms with Gasteiger partial charge in [0.1, 0.15) is 43.2 Å². The number of hydrogen-bond acceptors (Lipinski definition) is 19. The van der Waals surface area contributed by atoms with E-state index in [-0.39, 0.29) is 34.5 Å². The van der Waals surface area contributed by atoms with E-state index in [0.717, 1.165) is 12.2 Å². The second kappa shape index (κ2) is 17.9. The van der Waals surface area contributed by atoms with Crippen LogP contribution in [0.1, 0.15) is 11.1 Å². The fourth-order valence-corrected chi connectivity index (χ4v) is 5.49. The molecule has 2 aromatic carbocycles. The van der Waals surface area contributed by atoms with Crippen LogP contribution in [0.25, 0.3) is 12.2 Å². The molecule has 0 aliphatic carbocycles. The van der Waals surface area contributed by atoms with Crippen LogP contribution in [-0.4, -0.2) is 156 Å². The van der Waals surface area contributed by atoms with Crippen molar-refractivity contribution in [2.75, 3.05) is 48.3 Å². The monoisotopic (exact) mass is 754 g/mol. The van der Waals surface area contributed by atoms with Crippen molar-refractivity contribution in [1.29, 1.82) is 0 Å². The summed E-state index contributed by atoms with van der Waals surface area (Å²) in [4.78, 5) is 26.2. The minimum absolute atomic E-state index is 0.0225. The van der Waals surface area contributed by atoms with Crippen molar-refractivity contribution in [3.8, 4) is 34.5 Å². The van der Waals surface area contributed by atoms with Gasteiger partial charge in [0, 0.05) is 12.2 Å². The molecule has 2 aliphatic heterocycles. The Bertz CT molecular complexity index is 1590. The number of benzene rings is 2. The molecule has 0 spiro atoms. The van der Waals surface area contributed by atoms with Gasteiger partial charge in [-0.3, -0.25) is 0 Å². The third-order valence-corrected chi connectivity index (χ3v) is 8.31. The minimum atomic E-state index is -2.57. The number of hydrogen-bond donors (Lipinski definition) is 8. The first-order valence-corrected chi connectivity index (χ1v) is 15.8. The van der Waals surface area contributed by atoms with Crippen LogP contribution in [0.3, 0.4) is 0 Å². The van der Waals surface area contributed by atoms with E-state index in [2.05, 4.69) is 0 Å². The van der Waals surface area contributed by atoms with Crippen LogP contribution in [0.2, 0.25) is 0 Å². The van der Waals surface area contributed by atoms with Crippen LogP contribution in [0.5, 0.6) is 34.5 Å². The number of phenols is 2. The topological polar surface area (TPSA) is 279 Å². The van der Waals surface area contributed by atoms with Crippen molar-refractivity contribution in [2.24, 2.45) is 0 Å². The number of ether oxygens (including phenoxy) is 9. The summed E-state index contributed by atoms with van der Waals surface area (Å²) in [7, 11) is 5.21. The van der Waals surface area contributed by atoms with Crippen molar-refractivity contribution in [1.82, 2.24) is 0 Å². The van der Waals surface area contributed by atoms with Crippen molar-refractivity contribution in [3.05, 3.63) is 47.5 Å². The molecule has 2 aliphatic rings. The zero-order valence-electron chi connectivity index (χ0n) is 28.9. The molecule has 2 saturated heterocycles. The van der Waals surface area contributed by atoms with Crippen molar-refractivity contribution < 1.29 is 93.1 Å². The van der Waals surface area contributed by atoms with Gasteiger partial charge < -0.3 is 83.5 Å². The van der Waals surface area contributed by atoms with Crippen molar-refractivity contribution in [2.45, 2.75) is 54.8 Å². The largest absolute Gasteiger partial charge is 0.502 e. The highest BCUT2D eigenvalue weighted by atomic mass is 16.8. The van der Waals surface area contributed by atoms with Gasteiger partial charge in [-0.1, -0.05) is 0 Å². The molecule has 2 fully saturated rings. The average Bonchev–Trinajstić information content (AvgIpc) is 3.42. The van der Waals surface area contributed by atoms with Gasteiger partial charge in [-0.05, 0) is 47.5 Å². The third kappa shape index (κ3) is 9.10. The van der Waals surface area contributed by atoms with E-state index in [1.165, 1.54) is 64.9 Å². The minimum Gasteiger partial charge on any atom is -0.502 e. The van der Waals surface area contributed by atoms with E-state index in [0.29, 0.717) is 11.1 Å². The number of aromatic hydroxyl groups is 2. The first kappa shape index (κ1) is 41.1. The molecular weight excluding hydrogens is 712 g/mol. The molecule has 0 unspecified atom stereocenters. The van der Waals surface area contributed by atoms with Gasteiger partial charge in [-0.15, -0.1) is 0 Å². The summed E-state index contributed by atoms with van der Waals surface area (Å²) in [6.45, 7) is -2.73. The average molecular weight is 755 g/mol. The standard InChI is InChI=1S/C34H42O19/c1-45-18-9-16(10-19(46-2)26(18)39)5-7-24(37)49-15-34(53-33-31(44)30(43)28(41)22(13-35)50-33)32(29(42)23(14-36)52-34)51-25(38)8-6-17-11-20(47-3)27(40)21(12-17)48-4/h5-12,22-23,28-33,35-36,39-44H,13-15H2,1-4H3/t22-,23-,28-,29-,30+,31-,32+,33-,34+/m1/s1. The van der Waals surface area contributed by atoms with E-state index in [4.69, 9.17) is 42.6 Å². The summed E-state index contributed by atoms with van der Waals surface area (Å²) in [6.07, 6.45) is -10.1. The lowest BCUT2D eigenvalue weighted by molar-refractivity contribution is -0.383. The second-order valence-electron chi connectivity index (χ2n) is 11.6. The molecule has 19 nitrogen and oxygen atoms in total. The van der Waals surface area contributed by atoms with Gasteiger partial charge >= 0.3 is 11.9 Å². The Labute approximate surface area is 302 Å². The van der Waals surface area contributed by atoms with Crippen LogP contribution in [0, 0.1) is 0 Å². The third-order valence-electron chi connectivity index (χ3n) is 8.31. The lowest BCUT2D eigenvalue weighted by Crippen LogP contribution is -2.63. The van der Waals surface area contributed by atoms with Gasteiger partial charge in [0.15, 0.2) is 35.4 Å². The maximum atomic E-state index is 13.2. The van der Waals surface area contributed by atoms with Gasteiger partial charge in [-0.2, -0.15) is 0 Å². The van der Waals surface area contributed by atoms with Gasteiger partial charge in [-0.25, -0.2) is 9.59 Å². The van der Waals surface area contributed by atoms with Crippen LogP contribution in [-0.2, 0) is 33.3 Å². The summed E-state index contributed by atoms with van der Waals surface area (Å²) in [5.74, 6) is -5.21. The zero-order valence-corrected chi connectivity index (χ0v) is 28.9. The molecule has 0 saturated carbocycles. The molecule has 2 heterocycles. The highest BCUT2D eigenvalue weighted by Crippen LogP contribution is 2.40.